The van der Waals surface area contributed by atoms with E-state index in [1.165, 1.54) is 16.3 Å². The Morgan fingerprint density at radius 1 is 0.794 bits per heavy atom. The van der Waals surface area contributed by atoms with Crippen LogP contribution in [0, 0.1) is 0 Å². The van der Waals surface area contributed by atoms with E-state index in [0.717, 1.165) is 45.4 Å². The summed E-state index contributed by atoms with van der Waals surface area (Å²) in [5.74, 6) is 0. The molecule has 2 aliphatic rings. The summed E-state index contributed by atoms with van der Waals surface area (Å²) in [5, 5.41) is 18.4. The topological polar surface area (TPSA) is 48.1 Å². The van der Waals surface area contributed by atoms with E-state index in [1.807, 2.05) is 0 Å². The Hall–Kier alpha value is -0.600. The first kappa shape index (κ1) is 26.5. The van der Waals surface area contributed by atoms with E-state index in [9.17, 15) is 0 Å². The smallest absolute Gasteiger partial charge is 0.0429 e. The third-order valence-corrected chi connectivity index (χ3v) is 12.7. The summed E-state index contributed by atoms with van der Waals surface area (Å²) in [7, 11) is 3.10. The van der Waals surface area contributed by atoms with Crippen LogP contribution in [0.2, 0.25) is 0 Å². The average Bonchev–Trinajstić information content (AvgIpc) is 2.81. The summed E-state index contributed by atoms with van der Waals surface area (Å²) < 4.78 is 0. The van der Waals surface area contributed by atoms with Gasteiger partial charge in [-0.15, -0.1) is 9.24 Å². The average molecular weight is 501 g/mol. The van der Waals surface area contributed by atoms with Crippen LogP contribution in [-0.4, -0.2) is 61.7 Å². The predicted molar refractivity (Wildman–Crippen MR) is 155 cm³/mol. The van der Waals surface area contributed by atoms with E-state index in [-0.39, 0.29) is 23.4 Å². The Labute approximate surface area is 211 Å². The molecule has 2 fully saturated rings. The van der Waals surface area contributed by atoms with E-state index >= 15 is 0 Å². The van der Waals surface area contributed by atoms with Gasteiger partial charge in [-0.3, -0.25) is 0 Å². The molecule has 6 heteroatoms. The highest BCUT2D eigenvalue weighted by atomic mass is 31.1. The van der Waals surface area contributed by atoms with Crippen LogP contribution in [0.25, 0.3) is 10.8 Å². The maximum Gasteiger partial charge on any atom is 0.0429 e. The minimum Gasteiger partial charge on any atom is -0.314 e. The lowest BCUT2D eigenvalue weighted by Crippen LogP contribution is -2.66. The normalized spacial score (nSPS) is 24.4. The Balaban J connectivity index is 1.92. The number of fused-ring (bicyclic) bond motifs is 1. The summed E-state index contributed by atoms with van der Waals surface area (Å²) in [6.45, 7) is 20.8. The maximum absolute atomic E-state index is 3.90. The molecule has 2 aliphatic heterocycles. The van der Waals surface area contributed by atoms with Crippen LogP contribution in [0.15, 0.2) is 36.4 Å². The molecule has 4 N–H and O–H groups in total. The van der Waals surface area contributed by atoms with Gasteiger partial charge in [0.15, 0.2) is 0 Å². The second kappa shape index (κ2) is 10.4. The van der Waals surface area contributed by atoms with Gasteiger partial charge < -0.3 is 21.3 Å². The molecule has 2 heterocycles. The second-order valence-electron chi connectivity index (χ2n) is 12.1. The third-order valence-electron chi connectivity index (χ3n) is 7.68. The van der Waals surface area contributed by atoms with Gasteiger partial charge in [0.25, 0.3) is 0 Å². The number of hydrogen-bond acceptors (Lipinski definition) is 4. The van der Waals surface area contributed by atoms with Crippen LogP contribution >= 0.6 is 17.2 Å². The van der Waals surface area contributed by atoms with Gasteiger partial charge in [0.05, 0.1) is 0 Å². The standard InChI is InChI=1S/C28H46N4P2/c1-26(2,3)34(27(4,5)6)19-22-21-10-8-7-9-20(21)11-12-23(22)28(33,24-17-29-13-15-31-24)25-18-30-14-16-32-25/h7-12,24-25,29-32H,13-19,33H2,1-6H3. The Morgan fingerprint density at radius 2 is 1.35 bits per heavy atom. The quantitative estimate of drug-likeness (QED) is 0.453. The van der Waals surface area contributed by atoms with Crippen LogP contribution in [0.1, 0.15) is 52.7 Å². The minimum atomic E-state index is -0.272. The van der Waals surface area contributed by atoms with Crippen molar-refractivity contribution >= 4 is 27.9 Å². The van der Waals surface area contributed by atoms with Gasteiger partial charge in [-0.25, -0.2) is 0 Å². The highest BCUT2D eigenvalue weighted by Gasteiger charge is 2.46. The summed E-state index contributed by atoms with van der Waals surface area (Å²) in [4.78, 5) is 0. The van der Waals surface area contributed by atoms with E-state index in [4.69, 9.17) is 0 Å². The molecule has 4 rings (SSSR count). The molecule has 2 aromatic rings. The first-order valence-electron chi connectivity index (χ1n) is 13.0. The van der Waals surface area contributed by atoms with Crippen molar-refractivity contribution in [2.24, 2.45) is 0 Å². The van der Waals surface area contributed by atoms with Crippen LogP contribution in [0.3, 0.4) is 0 Å². The van der Waals surface area contributed by atoms with Gasteiger partial charge in [0.2, 0.25) is 0 Å². The van der Waals surface area contributed by atoms with Crippen LogP contribution in [0.4, 0.5) is 0 Å². The van der Waals surface area contributed by atoms with E-state index in [0.29, 0.717) is 12.1 Å². The number of nitrogens with one attached hydrogen (secondary N) is 4. The van der Waals surface area contributed by atoms with Crippen molar-refractivity contribution in [2.75, 3.05) is 39.3 Å². The van der Waals surface area contributed by atoms with Crippen molar-refractivity contribution in [3.05, 3.63) is 47.5 Å². The van der Waals surface area contributed by atoms with E-state index in [1.54, 1.807) is 5.56 Å². The van der Waals surface area contributed by atoms with Crippen molar-refractivity contribution < 1.29 is 0 Å². The molecule has 0 radical (unpaired) electrons. The SMILES string of the molecule is CC(C)(C)P(Cc1c(C(P)(C2CNCCN2)C2CNCCN2)ccc2ccccc12)C(C)(C)C. The lowest BCUT2D eigenvalue weighted by Gasteiger charge is -2.49. The van der Waals surface area contributed by atoms with Gasteiger partial charge in [-0.1, -0.05) is 85.9 Å². The minimum absolute atomic E-state index is 0.114. The summed E-state index contributed by atoms with van der Waals surface area (Å²) in [5.41, 5.74) is 3.06. The van der Waals surface area contributed by atoms with E-state index in [2.05, 4.69) is 108 Å². The molecule has 0 aliphatic carbocycles. The third kappa shape index (κ3) is 5.39. The fraction of sp³-hybridized carbons (Fsp3) is 0.643. The monoisotopic (exact) mass is 500 g/mol. The van der Waals surface area contributed by atoms with Gasteiger partial charge in [-0.2, -0.15) is 0 Å². The molecule has 0 amide bonds. The highest BCUT2D eigenvalue weighted by Crippen LogP contribution is 2.62. The number of piperazine rings is 2. The molecule has 34 heavy (non-hydrogen) atoms. The molecular formula is C28H46N4P2. The van der Waals surface area contributed by atoms with Crippen LogP contribution in [-0.2, 0) is 11.3 Å². The van der Waals surface area contributed by atoms with Crippen LogP contribution in [0.5, 0.6) is 0 Å². The molecule has 2 saturated heterocycles. The lowest BCUT2D eigenvalue weighted by molar-refractivity contribution is 0.255. The summed E-state index contributed by atoms with van der Waals surface area (Å²) >= 11 is 0. The molecule has 4 nitrogen and oxygen atoms in total. The molecule has 0 spiro atoms. The summed E-state index contributed by atoms with van der Waals surface area (Å²) in [6, 6.07) is 14.5. The fourth-order valence-electron chi connectivity index (χ4n) is 6.15. The molecule has 0 bridgehead atoms. The molecular weight excluding hydrogens is 454 g/mol. The summed E-state index contributed by atoms with van der Waals surface area (Å²) in [6.07, 6.45) is 1.15. The van der Waals surface area contributed by atoms with Crippen molar-refractivity contribution in [1.82, 2.24) is 21.3 Å². The fourth-order valence-corrected chi connectivity index (χ4v) is 10.5. The first-order chi connectivity index (χ1) is 16.0. The van der Waals surface area contributed by atoms with Gasteiger partial charge >= 0.3 is 0 Å². The van der Waals surface area contributed by atoms with Crippen LogP contribution < -0.4 is 21.3 Å². The molecule has 3 unspecified atom stereocenters. The molecule has 3 atom stereocenters. The van der Waals surface area contributed by atoms with Crippen molar-refractivity contribution in [2.45, 2.75) is 75.3 Å². The van der Waals surface area contributed by atoms with Gasteiger partial charge in [-0.05, 0) is 38.4 Å². The van der Waals surface area contributed by atoms with Crippen molar-refractivity contribution in [3.63, 3.8) is 0 Å². The number of rotatable bonds is 5. The zero-order chi connectivity index (χ0) is 24.6. The zero-order valence-corrected chi connectivity index (χ0v) is 24.1. The Bertz CT molecular complexity index is 935. The predicted octanol–water partition coefficient (Wildman–Crippen LogP) is 4.61. The van der Waals surface area contributed by atoms with Gasteiger partial charge in [0, 0.05) is 56.5 Å². The Morgan fingerprint density at radius 3 is 1.85 bits per heavy atom. The number of benzene rings is 2. The molecule has 0 aromatic heterocycles. The highest BCUT2D eigenvalue weighted by molar-refractivity contribution is 7.60. The van der Waals surface area contributed by atoms with Crippen molar-refractivity contribution in [1.29, 1.82) is 0 Å². The Kier molecular flexibility index (Phi) is 8.10. The molecule has 0 saturated carbocycles. The molecule has 2 aromatic carbocycles. The van der Waals surface area contributed by atoms with Gasteiger partial charge in [0.1, 0.15) is 0 Å². The second-order valence-corrected chi connectivity index (χ2v) is 16.9. The number of hydrogen-bond donors (Lipinski definition) is 4. The first-order valence-corrected chi connectivity index (χ1v) is 15.1. The van der Waals surface area contributed by atoms with Crippen molar-refractivity contribution in [3.8, 4) is 0 Å². The lowest BCUT2D eigenvalue weighted by atomic mass is 9.79. The molecule has 188 valence electrons. The zero-order valence-electron chi connectivity index (χ0n) is 22.1. The largest absolute Gasteiger partial charge is 0.314 e. The maximum atomic E-state index is 3.90. The van der Waals surface area contributed by atoms with E-state index < -0.39 is 0 Å².